The van der Waals surface area contributed by atoms with Gasteiger partial charge in [-0.25, -0.2) is 16.8 Å². The molecule has 11 heteroatoms. The van der Waals surface area contributed by atoms with E-state index in [0.29, 0.717) is 18.8 Å². The largest absolute Gasteiger partial charge is 0.480 e. The van der Waals surface area contributed by atoms with Crippen LogP contribution in [0, 0.1) is 0 Å². The van der Waals surface area contributed by atoms with Gasteiger partial charge in [-0.05, 0) is 24.1 Å². The molecule has 1 rings (SSSR count). The Morgan fingerprint density at radius 2 is 1.67 bits per heavy atom. The summed E-state index contributed by atoms with van der Waals surface area (Å²) in [5.41, 5.74) is -5.07. The molecule has 0 bridgehead atoms. The van der Waals surface area contributed by atoms with Crippen molar-refractivity contribution in [1.29, 1.82) is 0 Å². The van der Waals surface area contributed by atoms with Crippen LogP contribution in [0.25, 0.3) is 4.13 Å². The first kappa shape index (κ1) is 20.9. The maximum Gasteiger partial charge on any atom is 0.480 e. The molecular weight excluding hydrogens is 371 g/mol. The van der Waals surface area contributed by atoms with Crippen LogP contribution in [0.2, 0.25) is 0 Å². The van der Waals surface area contributed by atoms with Gasteiger partial charge in [0, 0.05) is 17.4 Å². The third-order valence-electron chi connectivity index (χ3n) is 2.95. The van der Waals surface area contributed by atoms with Gasteiger partial charge in [0.1, 0.15) is 10.0 Å². The van der Waals surface area contributed by atoms with Gasteiger partial charge in [-0.1, -0.05) is 26.0 Å². The number of rotatable bonds is 8. The van der Waals surface area contributed by atoms with Gasteiger partial charge in [0.2, 0.25) is 0 Å². The van der Waals surface area contributed by atoms with Crippen LogP contribution >= 0.6 is 0 Å². The molecule has 0 saturated carbocycles. The van der Waals surface area contributed by atoms with Crippen LogP contribution in [0.1, 0.15) is 31.7 Å². The van der Waals surface area contributed by atoms with Crippen molar-refractivity contribution >= 4 is 20.0 Å². The van der Waals surface area contributed by atoms with Gasteiger partial charge in [0.05, 0.1) is 6.61 Å². The quantitative estimate of drug-likeness (QED) is 0.638. The molecule has 24 heavy (non-hydrogen) atoms. The average molecular weight is 388 g/mol. The Bertz CT molecular complexity index is 743. The topological polar surface area (TPSA) is 91.6 Å². The Balaban J connectivity index is 2.92. The first-order chi connectivity index (χ1) is 10.9. The maximum atomic E-state index is 12.2. The van der Waals surface area contributed by atoms with Crippen molar-refractivity contribution in [3.63, 3.8) is 0 Å². The molecule has 0 aliphatic heterocycles. The predicted octanol–water partition coefficient (Wildman–Crippen LogP) is 3.13. The summed E-state index contributed by atoms with van der Waals surface area (Å²) in [4.78, 5) is -0.638. The maximum absolute atomic E-state index is 12.2. The summed E-state index contributed by atoms with van der Waals surface area (Å²) in [5, 5.41) is 0. The lowest BCUT2D eigenvalue weighted by atomic mass is 10.0. The van der Waals surface area contributed by atoms with Crippen molar-refractivity contribution in [2.75, 3.05) is 13.2 Å². The van der Waals surface area contributed by atoms with Crippen molar-refractivity contribution in [2.45, 2.75) is 36.6 Å². The van der Waals surface area contributed by atoms with E-state index in [1.54, 1.807) is 0 Å². The van der Waals surface area contributed by atoms with Crippen LogP contribution in [-0.4, -0.2) is 35.6 Å². The normalized spacial score (nSPS) is 14.5. The van der Waals surface area contributed by atoms with Gasteiger partial charge in [-0.2, -0.15) is 13.2 Å². The first-order valence-corrected chi connectivity index (χ1v) is 9.77. The summed E-state index contributed by atoms with van der Waals surface area (Å²) in [5.74, 6) is -0.0656. The van der Waals surface area contributed by atoms with E-state index in [9.17, 15) is 30.0 Å². The van der Waals surface area contributed by atoms with Crippen molar-refractivity contribution in [3.8, 4) is 0 Å². The van der Waals surface area contributed by atoms with E-state index in [1.807, 2.05) is 18.0 Å². The minimum atomic E-state index is -6.13. The van der Waals surface area contributed by atoms with Crippen LogP contribution in [0.4, 0.5) is 13.2 Å². The molecule has 0 spiro atoms. The molecule has 1 aromatic rings. The summed E-state index contributed by atoms with van der Waals surface area (Å²) in [6.07, 6.45) is 0.846. The lowest BCUT2D eigenvalue weighted by Gasteiger charge is -2.22. The molecule has 0 N–H and O–H groups in total. The highest BCUT2D eigenvalue weighted by atomic mass is 32.3. The Morgan fingerprint density at radius 3 is 2.12 bits per heavy atom. The highest BCUT2D eigenvalue weighted by Gasteiger charge is 2.40. The number of hydrogen-bond acceptors (Lipinski definition) is 5. The fourth-order valence-corrected chi connectivity index (χ4v) is 3.88. The van der Waals surface area contributed by atoms with Gasteiger partial charge < -0.3 is 8.86 Å². The van der Waals surface area contributed by atoms with Crippen LogP contribution in [0.15, 0.2) is 29.2 Å². The van der Waals surface area contributed by atoms with Crippen molar-refractivity contribution in [1.82, 2.24) is 0 Å². The van der Waals surface area contributed by atoms with E-state index in [4.69, 9.17) is 4.74 Å². The smallest absolute Gasteiger partial charge is 0.424 e. The molecule has 0 fully saturated rings. The number of hydrogen-bond donors (Lipinski definition) is 0. The number of sulfonamides is 2. The minimum absolute atomic E-state index is 0.0656. The summed E-state index contributed by atoms with van der Waals surface area (Å²) >= 11 is 0. The summed E-state index contributed by atoms with van der Waals surface area (Å²) in [6, 6.07) is 4.78. The second-order valence-corrected chi connectivity index (χ2v) is 8.45. The van der Waals surface area contributed by atoms with E-state index in [0.717, 1.165) is 18.6 Å². The highest BCUT2D eigenvalue weighted by Crippen LogP contribution is 2.32. The third kappa shape index (κ3) is 5.43. The van der Waals surface area contributed by atoms with Gasteiger partial charge in [0.25, 0.3) is 0 Å². The summed E-state index contributed by atoms with van der Waals surface area (Å²) < 4.78 is 89.3. The first-order valence-electron chi connectivity index (χ1n) is 6.89. The Hall–Kier alpha value is -1.17. The zero-order valence-electron chi connectivity index (χ0n) is 12.9. The average Bonchev–Trinajstić information content (AvgIpc) is 2.45. The second-order valence-electron chi connectivity index (χ2n) is 5.02. The molecule has 138 valence electrons. The molecule has 0 heterocycles. The molecule has 1 unspecified atom stereocenters. The molecule has 1 aromatic carbocycles. The Labute approximate surface area is 139 Å². The number of halogens is 3. The zero-order valence-corrected chi connectivity index (χ0v) is 14.6. The molecule has 1 atom stereocenters. The minimum Gasteiger partial charge on any atom is -0.424 e. The predicted molar refractivity (Wildman–Crippen MR) is 81.5 cm³/mol. The fraction of sp³-hybridized carbons (Fsp3) is 0.538. The fourth-order valence-electron chi connectivity index (χ4n) is 1.68. The monoisotopic (exact) mass is 388 g/mol. The molecule has 6 nitrogen and oxygen atoms in total. The number of nitrogens with zero attached hydrogens (tertiary/aromatic N) is 1. The molecule has 0 aliphatic rings. The van der Waals surface area contributed by atoms with Gasteiger partial charge in [0.15, 0.2) is 10.0 Å². The number of alkyl halides is 3. The van der Waals surface area contributed by atoms with E-state index in [1.165, 1.54) is 12.1 Å². The molecule has 0 aromatic heterocycles. The number of benzene rings is 1. The Kier molecular flexibility index (Phi) is 6.79. The van der Waals surface area contributed by atoms with E-state index >= 15 is 0 Å². The SMILES string of the molecule is CCCOCC(C)c1ccc(S(=O)(=O)[N-]S(=O)(=O)C(F)(F)F)cc1. The van der Waals surface area contributed by atoms with Crippen LogP contribution < -0.4 is 0 Å². The summed E-state index contributed by atoms with van der Waals surface area (Å²) in [6.45, 7) is 4.75. The highest BCUT2D eigenvalue weighted by molar-refractivity contribution is 8.12. The van der Waals surface area contributed by atoms with Gasteiger partial charge in [-0.3, -0.25) is 0 Å². The lowest BCUT2D eigenvalue weighted by Crippen LogP contribution is -2.24. The van der Waals surface area contributed by atoms with E-state index in [-0.39, 0.29) is 5.92 Å². The molecule has 0 saturated heterocycles. The molecule has 0 amide bonds. The van der Waals surface area contributed by atoms with Crippen LogP contribution in [0.5, 0.6) is 0 Å². The van der Waals surface area contributed by atoms with Gasteiger partial charge in [-0.15, -0.1) is 0 Å². The van der Waals surface area contributed by atoms with E-state index < -0.39 is 30.5 Å². The lowest BCUT2D eigenvalue weighted by molar-refractivity contribution is -0.0425. The second kappa shape index (κ2) is 7.81. The Morgan fingerprint density at radius 1 is 1.12 bits per heavy atom. The summed E-state index contributed by atoms with van der Waals surface area (Å²) in [7, 11) is -11.1. The van der Waals surface area contributed by atoms with Crippen LogP contribution in [0.3, 0.4) is 0 Å². The van der Waals surface area contributed by atoms with Crippen molar-refractivity contribution in [2.24, 2.45) is 0 Å². The van der Waals surface area contributed by atoms with Crippen LogP contribution in [-0.2, 0) is 24.8 Å². The molecular formula is C13H17F3NO5S2-. The third-order valence-corrected chi connectivity index (χ3v) is 5.97. The number of ether oxygens (including phenoxy) is 1. The molecule has 0 aliphatic carbocycles. The standard InChI is InChI=1S/C13H17F3NO5S2/c1-3-8-22-9-10(2)11-4-6-12(7-5-11)23(18,19)17-24(20,21)13(14,15)16/h4-7,10H,3,8-9H2,1-2H3/q-1. The van der Waals surface area contributed by atoms with Crippen molar-refractivity contribution in [3.05, 3.63) is 34.0 Å². The van der Waals surface area contributed by atoms with Crippen molar-refractivity contribution < 1.29 is 34.7 Å². The zero-order chi connectivity index (χ0) is 18.6. The molecule has 0 radical (unpaired) electrons. The van der Waals surface area contributed by atoms with Gasteiger partial charge >= 0.3 is 5.51 Å². The van der Waals surface area contributed by atoms with E-state index in [2.05, 4.69) is 0 Å².